The van der Waals surface area contributed by atoms with Crippen LogP contribution in [0.25, 0.3) is 11.0 Å². The Kier molecular flexibility index (Phi) is 4.36. The van der Waals surface area contributed by atoms with Crippen LogP contribution in [0.3, 0.4) is 0 Å². The van der Waals surface area contributed by atoms with E-state index in [-0.39, 0.29) is 21.5 Å². The normalized spacial score (nSPS) is 24.2. The van der Waals surface area contributed by atoms with E-state index in [1.807, 2.05) is 19.9 Å². The fourth-order valence-corrected chi connectivity index (χ4v) is 5.59. The fraction of sp³-hybridized carbons (Fsp3) is 0.500. The molecular weight excluding hydrogens is 388 g/mol. The van der Waals surface area contributed by atoms with Crippen molar-refractivity contribution in [3.05, 3.63) is 28.7 Å². The average Bonchev–Trinajstić information content (AvgIpc) is 3.16. The van der Waals surface area contributed by atoms with Gasteiger partial charge in [-0.1, -0.05) is 11.8 Å². The van der Waals surface area contributed by atoms with E-state index in [4.69, 9.17) is 0 Å². The molecule has 0 amide bonds. The third-order valence-electron chi connectivity index (χ3n) is 4.83. The molecule has 9 nitrogen and oxygen atoms in total. The summed E-state index contributed by atoms with van der Waals surface area (Å²) in [6, 6.07) is 6.65. The van der Waals surface area contributed by atoms with Crippen LogP contribution in [-0.4, -0.2) is 28.5 Å². The standard InChI is InChI=1S/C16H20N6O3S2/c1-3-21-12-5-4-11(27(24,25)20-16(9-17)6-7-16)8-13(12)22(15(21)23)14-19-18-10(2)26-14/h4-5,8,10,14,18-20H,3,6-7H2,1-2H3. The Labute approximate surface area is 160 Å². The summed E-state index contributed by atoms with van der Waals surface area (Å²) in [7, 11) is -3.86. The number of nitrogens with one attached hydrogen (secondary N) is 3. The van der Waals surface area contributed by atoms with E-state index in [1.54, 1.807) is 15.2 Å². The van der Waals surface area contributed by atoms with E-state index in [0.29, 0.717) is 30.4 Å². The van der Waals surface area contributed by atoms with Crippen molar-refractivity contribution in [2.24, 2.45) is 0 Å². The van der Waals surface area contributed by atoms with Crippen LogP contribution in [0.4, 0.5) is 0 Å². The molecule has 0 spiro atoms. The van der Waals surface area contributed by atoms with Gasteiger partial charge in [-0.3, -0.25) is 9.13 Å². The monoisotopic (exact) mass is 408 g/mol. The lowest BCUT2D eigenvalue weighted by atomic mass is 10.3. The SMILES string of the molecule is CCn1c(=O)n(C2NNC(C)S2)c2cc(S(=O)(=O)NC3(C#N)CC3)ccc21. The highest BCUT2D eigenvalue weighted by Gasteiger charge is 2.46. The van der Waals surface area contributed by atoms with E-state index in [9.17, 15) is 18.5 Å². The van der Waals surface area contributed by atoms with Gasteiger partial charge >= 0.3 is 5.69 Å². The Bertz CT molecular complexity index is 1110. The van der Waals surface area contributed by atoms with Crippen molar-refractivity contribution in [3.8, 4) is 6.07 Å². The highest BCUT2D eigenvalue weighted by Crippen LogP contribution is 2.36. The molecule has 1 aliphatic carbocycles. The Hall–Kier alpha value is -1.84. The molecule has 27 heavy (non-hydrogen) atoms. The predicted octanol–water partition coefficient (Wildman–Crippen LogP) is 0.800. The lowest BCUT2D eigenvalue weighted by Crippen LogP contribution is -2.36. The summed E-state index contributed by atoms with van der Waals surface area (Å²) in [6.07, 6.45) is 1.02. The third-order valence-corrected chi connectivity index (χ3v) is 7.48. The van der Waals surface area contributed by atoms with Crippen molar-refractivity contribution in [3.63, 3.8) is 0 Å². The van der Waals surface area contributed by atoms with Crippen molar-refractivity contribution in [1.29, 1.82) is 5.26 Å². The van der Waals surface area contributed by atoms with Gasteiger partial charge in [0.2, 0.25) is 10.0 Å². The number of thioether (sulfide) groups is 1. The van der Waals surface area contributed by atoms with Crippen LogP contribution in [0, 0.1) is 11.3 Å². The number of aryl methyl sites for hydroxylation is 1. The summed E-state index contributed by atoms with van der Waals surface area (Å²) in [4.78, 5) is 12.9. The first-order chi connectivity index (χ1) is 12.8. The molecule has 2 atom stereocenters. The number of hydrogen-bond acceptors (Lipinski definition) is 7. The number of hydrazine groups is 1. The number of rotatable bonds is 5. The van der Waals surface area contributed by atoms with Gasteiger partial charge < -0.3 is 0 Å². The van der Waals surface area contributed by atoms with Crippen LogP contribution < -0.4 is 21.3 Å². The van der Waals surface area contributed by atoms with Crippen molar-refractivity contribution in [2.45, 2.75) is 54.5 Å². The highest BCUT2D eigenvalue weighted by molar-refractivity contribution is 8.00. The summed E-state index contributed by atoms with van der Waals surface area (Å²) in [5.41, 5.74) is 5.78. The Morgan fingerprint density at radius 3 is 2.67 bits per heavy atom. The maximum atomic E-state index is 12.9. The molecule has 2 unspecified atom stereocenters. The number of nitrogens with zero attached hydrogens (tertiary/aromatic N) is 3. The summed E-state index contributed by atoms with van der Waals surface area (Å²) in [6.45, 7) is 4.32. The summed E-state index contributed by atoms with van der Waals surface area (Å²) in [5, 5.41) is 9.29. The second kappa shape index (κ2) is 6.35. The van der Waals surface area contributed by atoms with Crippen molar-refractivity contribution in [2.75, 3.05) is 0 Å². The Balaban J connectivity index is 1.84. The van der Waals surface area contributed by atoms with E-state index in [2.05, 4.69) is 15.6 Å². The van der Waals surface area contributed by atoms with Crippen molar-refractivity contribution < 1.29 is 8.42 Å². The molecule has 1 aliphatic heterocycles. The first-order valence-corrected chi connectivity index (χ1v) is 11.1. The minimum Gasteiger partial charge on any atom is -0.292 e. The highest BCUT2D eigenvalue weighted by atomic mass is 32.2. The molecule has 1 saturated carbocycles. The predicted molar refractivity (Wildman–Crippen MR) is 102 cm³/mol. The molecule has 144 valence electrons. The number of fused-ring (bicyclic) bond motifs is 1. The van der Waals surface area contributed by atoms with Crippen LogP contribution in [0.15, 0.2) is 27.9 Å². The molecule has 2 heterocycles. The molecule has 1 saturated heterocycles. The first-order valence-electron chi connectivity index (χ1n) is 8.67. The van der Waals surface area contributed by atoms with Gasteiger partial charge in [-0.05, 0) is 44.9 Å². The summed E-state index contributed by atoms with van der Waals surface area (Å²) >= 11 is 1.53. The topological polar surface area (TPSA) is 121 Å². The largest absolute Gasteiger partial charge is 0.331 e. The van der Waals surface area contributed by atoms with Crippen LogP contribution in [-0.2, 0) is 16.6 Å². The smallest absolute Gasteiger partial charge is 0.292 e. The molecule has 11 heteroatoms. The number of aromatic nitrogens is 2. The Morgan fingerprint density at radius 2 is 2.11 bits per heavy atom. The molecule has 2 aliphatic rings. The molecule has 1 aromatic carbocycles. The maximum absolute atomic E-state index is 12.9. The molecule has 0 bridgehead atoms. The van der Waals surface area contributed by atoms with Gasteiger partial charge in [0.1, 0.15) is 5.54 Å². The number of nitriles is 1. The fourth-order valence-electron chi connectivity index (χ4n) is 3.21. The average molecular weight is 409 g/mol. The molecule has 3 N–H and O–H groups in total. The number of benzene rings is 1. The van der Waals surface area contributed by atoms with E-state index in [0.717, 1.165) is 0 Å². The molecule has 0 radical (unpaired) electrons. The molecule has 2 fully saturated rings. The molecule has 1 aromatic heterocycles. The van der Waals surface area contributed by atoms with Gasteiger partial charge in [0.05, 0.1) is 27.4 Å². The maximum Gasteiger partial charge on any atom is 0.331 e. The third kappa shape index (κ3) is 3.07. The van der Waals surface area contributed by atoms with Crippen LogP contribution >= 0.6 is 11.8 Å². The number of sulfonamides is 1. The van der Waals surface area contributed by atoms with Crippen molar-refractivity contribution in [1.82, 2.24) is 24.7 Å². The van der Waals surface area contributed by atoms with Crippen molar-refractivity contribution >= 4 is 32.8 Å². The summed E-state index contributed by atoms with van der Waals surface area (Å²) in [5.74, 6) is 0. The summed E-state index contributed by atoms with van der Waals surface area (Å²) < 4.78 is 31.2. The minimum atomic E-state index is -3.86. The number of imidazole rings is 1. The van der Waals surface area contributed by atoms with Crippen LogP contribution in [0.1, 0.15) is 32.2 Å². The van der Waals surface area contributed by atoms with Gasteiger partial charge in [0, 0.05) is 6.54 Å². The zero-order chi connectivity index (χ0) is 19.4. The first kappa shape index (κ1) is 18.5. The molecule has 2 aromatic rings. The van der Waals surface area contributed by atoms with E-state index >= 15 is 0 Å². The lowest BCUT2D eigenvalue weighted by molar-refractivity contribution is 0.477. The zero-order valence-electron chi connectivity index (χ0n) is 14.9. The van der Waals surface area contributed by atoms with Gasteiger partial charge in [0.25, 0.3) is 0 Å². The number of hydrogen-bond donors (Lipinski definition) is 3. The van der Waals surface area contributed by atoms with Crippen LogP contribution in [0.5, 0.6) is 0 Å². The van der Waals surface area contributed by atoms with Gasteiger partial charge in [0.15, 0.2) is 5.50 Å². The zero-order valence-corrected chi connectivity index (χ0v) is 16.5. The lowest BCUT2D eigenvalue weighted by Gasteiger charge is -2.13. The second-order valence-corrected chi connectivity index (χ2v) is 9.87. The van der Waals surface area contributed by atoms with E-state index < -0.39 is 15.6 Å². The molecule has 4 rings (SSSR count). The van der Waals surface area contributed by atoms with Crippen LogP contribution in [0.2, 0.25) is 0 Å². The van der Waals surface area contributed by atoms with Gasteiger partial charge in [-0.25, -0.2) is 24.1 Å². The van der Waals surface area contributed by atoms with Gasteiger partial charge in [-0.2, -0.15) is 9.98 Å². The molecular formula is C16H20N6O3S2. The second-order valence-electron chi connectivity index (χ2n) is 6.77. The minimum absolute atomic E-state index is 0.0440. The van der Waals surface area contributed by atoms with E-state index in [1.165, 1.54) is 23.9 Å². The van der Waals surface area contributed by atoms with Gasteiger partial charge in [-0.15, -0.1) is 0 Å². The quantitative estimate of drug-likeness (QED) is 0.669. The Morgan fingerprint density at radius 1 is 1.37 bits per heavy atom.